The lowest BCUT2D eigenvalue weighted by Crippen LogP contribution is -2.44. The summed E-state index contributed by atoms with van der Waals surface area (Å²) in [5.74, 6) is -1.19. The maximum atomic E-state index is 13.3. The summed E-state index contributed by atoms with van der Waals surface area (Å²) in [5.41, 5.74) is 4.27. The Labute approximate surface area is 194 Å². The number of unbranched alkanes of at least 4 members (excludes halogenated alkanes) is 1. The molecule has 2 aliphatic rings. The molecule has 0 spiro atoms. The molecule has 1 amide bonds. The van der Waals surface area contributed by atoms with Gasteiger partial charge < -0.3 is 14.9 Å². The zero-order valence-corrected chi connectivity index (χ0v) is 19.2. The minimum atomic E-state index is -0.998. The van der Waals surface area contributed by atoms with Gasteiger partial charge in [-0.05, 0) is 67.9 Å². The lowest BCUT2D eigenvalue weighted by molar-refractivity contribution is -0.114. The van der Waals surface area contributed by atoms with Gasteiger partial charge in [-0.3, -0.25) is 4.79 Å². The molecule has 0 unspecified atom stereocenters. The van der Waals surface area contributed by atoms with Crippen molar-refractivity contribution in [3.8, 4) is 0 Å². The second-order valence-electron chi connectivity index (χ2n) is 8.56. The number of carbonyl (C=O) groups is 2. The minimum Gasteiger partial charge on any atom is -0.478 e. The van der Waals surface area contributed by atoms with E-state index in [2.05, 4.69) is 53.1 Å². The predicted molar refractivity (Wildman–Crippen MR) is 132 cm³/mol. The fourth-order valence-electron chi connectivity index (χ4n) is 4.06. The van der Waals surface area contributed by atoms with Crippen LogP contribution in [-0.4, -0.2) is 60.8 Å². The van der Waals surface area contributed by atoms with E-state index in [-0.39, 0.29) is 11.5 Å². The van der Waals surface area contributed by atoms with E-state index in [1.165, 1.54) is 22.8 Å². The van der Waals surface area contributed by atoms with Crippen LogP contribution < -0.4 is 9.91 Å². The van der Waals surface area contributed by atoms with Crippen LogP contribution >= 0.6 is 0 Å². The molecule has 1 fully saturated rings. The van der Waals surface area contributed by atoms with E-state index in [1.807, 2.05) is 6.08 Å². The predicted octanol–water partition coefficient (Wildman–Crippen LogP) is 4.11. The van der Waals surface area contributed by atoms with E-state index in [4.69, 9.17) is 5.11 Å². The van der Waals surface area contributed by atoms with Crippen LogP contribution in [0, 0.1) is 0 Å². The molecule has 7 heteroatoms. The van der Waals surface area contributed by atoms with Crippen molar-refractivity contribution >= 4 is 35.0 Å². The third-order valence-corrected chi connectivity index (χ3v) is 6.15. The number of carboxylic acid groups (broad SMARTS) is 1. The Morgan fingerprint density at radius 2 is 1.64 bits per heavy atom. The van der Waals surface area contributed by atoms with Crippen LogP contribution in [-0.2, 0) is 4.79 Å². The molecule has 2 aliphatic heterocycles. The number of likely N-dealkylation sites (N-methyl/N-ethyl adjacent to an activating group) is 1. The second kappa shape index (κ2) is 10.0. The fraction of sp³-hybridized carbons (Fsp3) is 0.346. The van der Waals surface area contributed by atoms with Gasteiger partial charge in [-0.25, -0.2) is 4.79 Å². The van der Waals surface area contributed by atoms with Crippen LogP contribution in [0.3, 0.4) is 0 Å². The molecule has 1 saturated heterocycles. The molecule has 33 heavy (non-hydrogen) atoms. The third kappa shape index (κ3) is 5.14. The summed E-state index contributed by atoms with van der Waals surface area (Å²) in [6.07, 6.45) is 4.58. The molecule has 0 aromatic heterocycles. The molecule has 7 nitrogen and oxygen atoms in total. The first-order chi connectivity index (χ1) is 16.0. The smallest absolute Gasteiger partial charge is 0.335 e. The van der Waals surface area contributed by atoms with Crippen LogP contribution in [0.4, 0.5) is 11.4 Å². The second-order valence-corrected chi connectivity index (χ2v) is 8.56. The Hall–Kier alpha value is -3.45. The number of benzene rings is 2. The van der Waals surface area contributed by atoms with Crippen LogP contribution in [0.5, 0.6) is 0 Å². The molecule has 2 heterocycles. The Morgan fingerprint density at radius 3 is 2.24 bits per heavy atom. The number of carbonyl (C=O) groups excluding carboxylic acids is 1. The zero-order chi connectivity index (χ0) is 23.4. The molecule has 1 N–H and O–H groups in total. The lowest BCUT2D eigenvalue weighted by Gasteiger charge is -2.34. The van der Waals surface area contributed by atoms with Crippen molar-refractivity contribution < 1.29 is 14.7 Å². The monoisotopic (exact) mass is 446 g/mol. The summed E-state index contributed by atoms with van der Waals surface area (Å²) in [6.45, 7) is 6.25. The van der Waals surface area contributed by atoms with Crippen molar-refractivity contribution in [2.24, 2.45) is 5.10 Å². The Kier molecular flexibility index (Phi) is 6.89. The average molecular weight is 447 g/mol. The van der Waals surface area contributed by atoms with E-state index in [1.54, 1.807) is 12.1 Å². The number of hydrogen-bond donors (Lipinski definition) is 1. The van der Waals surface area contributed by atoms with Gasteiger partial charge in [0.2, 0.25) is 0 Å². The van der Waals surface area contributed by atoms with Gasteiger partial charge in [-0.1, -0.05) is 25.5 Å². The fourth-order valence-corrected chi connectivity index (χ4v) is 4.06. The van der Waals surface area contributed by atoms with Crippen molar-refractivity contribution in [2.75, 3.05) is 43.1 Å². The number of hydrogen-bond acceptors (Lipinski definition) is 5. The molecule has 0 bridgehead atoms. The molecule has 4 rings (SSSR count). The average Bonchev–Trinajstić information content (AvgIpc) is 3.14. The topological polar surface area (TPSA) is 76.4 Å². The van der Waals surface area contributed by atoms with Crippen molar-refractivity contribution in [3.63, 3.8) is 0 Å². The largest absolute Gasteiger partial charge is 0.478 e. The molecule has 0 radical (unpaired) electrons. The quantitative estimate of drug-likeness (QED) is 0.648. The summed E-state index contributed by atoms with van der Waals surface area (Å²) in [6, 6.07) is 14.6. The summed E-state index contributed by atoms with van der Waals surface area (Å²) in [4.78, 5) is 29.1. The Balaban J connectivity index is 1.56. The maximum absolute atomic E-state index is 13.3. The SMILES string of the molecule is CCCCC1=NN(c2ccc(C(=O)O)cc2)C(=O)/C1=C\c1ccc(N2CCN(C)CC2)cc1. The molecule has 2 aromatic rings. The summed E-state index contributed by atoms with van der Waals surface area (Å²) >= 11 is 0. The van der Waals surface area contributed by atoms with E-state index in [0.29, 0.717) is 11.3 Å². The molecular formula is C26H30N4O3. The van der Waals surface area contributed by atoms with E-state index >= 15 is 0 Å². The highest BCUT2D eigenvalue weighted by Crippen LogP contribution is 2.28. The van der Waals surface area contributed by atoms with E-state index in [9.17, 15) is 9.59 Å². The summed E-state index contributed by atoms with van der Waals surface area (Å²) < 4.78 is 0. The number of hydrazone groups is 1. The summed E-state index contributed by atoms with van der Waals surface area (Å²) in [5, 5.41) is 15.1. The summed E-state index contributed by atoms with van der Waals surface area (Å²) in [7, 11) is 2.15. The van der Waals surface area contributed by atoms with Gasteiger partial charge in [0.1, 0.15) is 0 Å². The first-order valence-electron chi connectivity index (χ1n) is 11.5. The van der Waals surface area contributed by atoms with Crippen LogP contribution in [0.15, 0.2) is 59.2 Å². The Morgan fingerprint density at radius 1 is 1.00 bits per heavy atom. The van der Waals surface area contributed by atoms with E-state index < -0.39 is 5.97 Å². The van der Waals surface area contributed by atoms with Gasteiger partial charge in [0, 0.05) is 31.9 Å². The highest BCUT2D eigenvalue weighted by Gasteiger charge is 2.30. The van der Waals surface area contributed by atoms with Gasteiger partial charge in [0.25, 0.3) is 5.91 Å². The first kappa shape index (κ1) is 22.7. The van der Waals surface area contributed by atoms with E-state index in [0.717, 1.165) is 56.7 Å². The molecule has 0 atom stereocenters. The number of nitrogens with zero attached hydrogens (tertiary/aromatic N) is 4. The van der Waals surface area contributed by atoms with Crippen molar-refractivity contribution in [1.29, 1.82) is 0 Å². The molecule has 0 aliphatic carbocycles. The first-order valence-corrected chi connectivity index (χ1v) is 11.5. The van der Waals surface area contributed by atoms with Gasteiger partial charge in [0.05, 0.1) is 22.5 Å². The Bertz CT molecular complexity index is 1070. The molecule has 2 aromatic carbocycles. The van der Waals surface area contributed by atoms with Crippen LogP contribution in [0.1, 0.15) is 42.1 Å². The normalized spacial score (nSPS) is 18.2. The van der Waals surface area contributed by atoms with Crippen molar-refractivity contribution in [2.45, 2.75) is 26.2 Å². The van der Waals surface area contributed by atoms with Crippen molar-refractivity contribution in [3.05, 3.63) is 65.2 Å². The van der Waals surface area contributed by atoms with Crippen LogP contribution in [0.25, 0.3) is 6.08 Å². The number of anilines is 2. The highest BCUT2D eigenvalue weighted by atomic mass is 16.4. The number of aromatic carboxylic acids is 1. The molecule has 172 valence electrons. The number of piperazine rings is 1. The zero-order valence-electron chi connectivity index (χ0n) is 19.2. The minimum absolute atomic E-state index is 0.178. The van der Waals surface area contributed by atoms with Crippen molar-refractivity contribution in [1.82, 2.24) is 4.90 Å². The molecular weight excluding hydrogens is 416 g/mol. The third-order valence-electron chi connectivity index (χ3n) is 6.15. The van der Waals surface area contributed by atoms with Crippen LogP contribution in [0.2, 0.25) is 0 Å². The number of carboxylic acids is 1. The molecule has 0 saturated carbocycles. The standard InChI is InChI=1S/C26H30N4O3/c1-3-4-5-24-23(25(31)30(27-24)22-12-8-20(9-13-22)26(32)33)18-19-6-10-21(11-7-19)29-16-14-28(2)15-17-29/h6-13,18H,3-5,14-17H2,1-2H3,(H,32,33)/b23-18-. The van der Waals surface area contributed by atoms with Gasteiger partial charge >= 0.3 is 5.97 Å². The lowest BCUT2D eigenvalue weighted by atomic mass is 10.0. The van der Waals surface area contributed by atoms with Gasteiger partial charge in [-0.2, -0.15) is 10.1 Å². The van der Waals surface area contributed by atoms with Gasteiger partial charge in [0.15, 0.2) is 0 Å². The maximum Gasteiger partial charge on any atom is 0.335 e. The highest BCUT2D eigenvalue weighted by molar-refractivity contribution is 6.32. The van der Waals surface area contributed by atoms with Gasteiger partial charge in [-0.15, -0.1) is 0 Å². The number of amides is 1. The number of rotatable bonds is 7.